The van der Waals surface area contributed by atoms with Crippen molar-refractivity contribution in [2.75, 3.05) is 14.2 Å². The first-order chi connectivity index (χ1) is 11.1. The molecule has 0 fully saturated rings. The number of nitrogens with zero attached hydrogens (tertiary/aromatic N) is 2. The summed E-state index contributed by atoms with van der Waals surface area (Å²) in [6.45, 7) is 0. The number of hydrogen-bond donors (Lipinski definition) is 0. The molecule has 0 heterocycles. The highest BCUT2D eigenvalue weighted by atomic mass is 16.6. The second kappa shape index (κ2) is 7.09. The molecule has 0 saturated carbocycles. The Morgan fingerprint density at radius 2 is 1.87 bits per heavy atom. The van der Waals surface area contributed by atoms with Gasteiger partial charge in [-0.3, -0.25) is 10.1 Å². The van der Waals surface area contributed by atoms with Crippen LogP contribution in [-0.2, 0) is 0 Å². The van der Waals surface area contributed by atoms with Gasteiger partial charge in [-0.05, 0) is 35.9 Å². The quantitative estimate of drug-likeness (QED) is 0.364. The average molecular weight is 310 g/mol. The van der Waals surface area contributed by atoms with Gasteiger partial charge in [0.15, 0.2) is 0 Å². The first-order valence-corrected chi connectivity index (χ1v) is 6.67. The number of benzene rings is 2. The Morgan fingerprint density at radius 3 is 2.39 bits per heavy atom. The summed E-state index contributed by atoms with van der Waals surface area (Å²) in [6, 6.07) is 13.2. The molecule has 2 rings (SSSR count). The molecule has 0 aliphatic rings. The molecule has 0 amide bonds. The third kappa shape index (κ3) is 3.66. The van der Waals surface area contributed by atoms with Crippen LogP contribution >= 0.6 is 0 Å². The SMILES string of the molecule is COc1ccc(C=C(C#N)c2ccc([N+](=O)[O-])cc2)c(OC)c1. The predicted octanol–water partition coefficient (Wildman–Crippen LogP) is 3.68. The molecule has 0 aliphatic carbocycles. The van der Waals surface area contributed by atoms with Crippen LogP contribution in [0.25, 0.3) is 11.6 Å². The molecule has 6 nitrogen and oxygen atoms in total. The van der Waals surface area contributed by atoms with E-state index in [2.05, 4.69) is 6.07 Å². The van der Waals surface area contributed by atoms with Gasteiger partial charge in [-0.2, -0.15) is 5.26 Å². The van der Waals surface area contributed by atoms with Crippen molar-refractivity contribution >= 4 is 17.3 Å². The summed E-state index contributed by atoms with van der Waals surface area (Å²) in [4.78, 5) is 10.2. The lowest BCUT2D eigenvalue weighted by Gasteiger charge is -2.08. The maximum atomic E-state index is 10.7. The van der Waals surface area contributed by atoms with Crippen LogP contribution in [0, 0.1) is 21.4 Å². The highest BCUT2D eigenvalue weighted by Crippen LogP contribution is 2.28. The van der Waals surface area contributed by atoms with E-state index in [1.54, 1.807) is 43.5 Å². The van der Waals surface area contributed by atoms with Crippen LogP contribution in [0.1, 0.15) is 11.1 Å². The zero-order valence-electron chi connectivity index (χ0n) is 12.6. The van der Waals surface area contributed by atoms with Crippen molar-refractivity contribution in [1.29, 1.82) is 5.26 Å². The van der Waals surface area contributed by atoms with Crippen molar-refractivity contribution in [3.05, 3.63) is 63.7 Å². The number of hydrogen-bond acceptors (Lipinski definition) is 5. The first-order valence-electron chi connectivity index (χ1n) is 6.67. The summed E-state index contributed by atoms with van der Waals surface area (Å²) in [7, 11) is 3.09. The van der Waals surface area contributed by atoms with E-state index in [4.69, 9.17) is 9.47 Å². The van der Waals surface area contributed by atoms with E-state index in [0.717, 1.165) is 0 Å². The van der Waals surface area contributed by atoms with E-state index in [9.17, 15) is 15.4 Å². The molecule has 0 atom stereocenters. The molecule has 0 aliphatic heterocycles. The van der Waals surface area contributed by atoms with Gasteiger partial charge in [-0.15, -0.1) is 0 Å². The number of rotatable bonds is 5. The summed E-state index contributed by atoms with van der Waals surface area (Å²) in [5.74, 6) is 1.21. The largest absolute Gasteiger partial charge is 0.497 e. The summed E-state index contributed by atoms with van der Waals surface area (Å²) in [6.07, 6.45) is 1.67. The molecule has 2 aromatic rings. The lowest BCUT2D eigenvalue weighted by molar-refractivity contribution is -0.384. The molecule has 0 radical (unpaired) electrons. The molecule has 0 unspecified atom stereocenters. The Hall–Kier alpha value is -3.33. The minimum atomic E-state index is -0.480. The van der Waals surface area contributed by atoms with Crippen LogP contribution < -0.4 is 9.47 Å². The van der Waals surface area contributed by atoms with Gasteiger partial charge in [0.05, 0.1) is 30.8 Å². The van der Waals surface area contributed by atoms with Crippen molar-refractivity contribution in [2.45, 2.75) is 0 Å². The van der Waals surface area contributed by atoms with E-state index >= 15 is 0 Å². The zero-order chi connectivity index (χ0) is 16.8. The number of nitriles is 1. The van der Waals surface area contributed by atoms with Crippen molar-refractivity contribution in [3.8, 4) is 17.6 Å². The predicted molar refractivity (Wildman–Crippen MR) is 86.1 cm³/mol. The Morgan fingerprint density at radius 1 is 1.17 bits per heavy atom. The zero-order valence-corrected chi connectivity index (χ0v) is 12.6. The number of nitro groups is 1. The monoisotopic (exact) mass is 310 g/mol. The molecule has 116 valence electrons. The van der Waals surface area contributed by atoms with Gasteiger partial charge in [-0.1, -0.05) is 0 Å². The van der Waals surface area contributed by atoms with E-state index in [1.165, 1.54) is 19.2 Å². The molecule has 0 saturated heterocycles. The smallest absolute Gasteiger partial charge is 0.269 e. The molecule has 0 spiro atoms. The van der Waals surface area contributed by atoms with E-state index < -0.39 is 4.92 Å². The van der Waals surface area contributed by atoms with Crippen molar-refractivity contribution in [1.82, 2.24) is 0 Å². The van der Waals surface area contributed by atoms with E-state index in [1.807, 2.05) is 0 Å². The molecule has 6 heteroatoms. The van der Waals surface area contributed by atoms with Crippen LogP contribution in [0.2, 0.25) is 0 Å². The third-order valence-corrected chi connectivity index (χ3v) is 3.25. The Balaban J connectivity index is 2.43. The van der Waals surface area contributed by atoms with E-state index in [-0.39, 0.29) is 5.69 Å². The average Bonchev–Trinajstić information content (AvgIpc) is 2.59. The lowest BCUT2D eigenvalue weighted by atomic mass is 10.0. The highest BCUT2D eigenvalue weighted by molar-refractivity contribution is 5.90. The Bertz CT molecular complexity index is 789. The van der Waals surface area contributed by atoms with Gasteiger partial charge in [0, 0.05) is 23.8 Å². The third-order valence-electron chi connectivity index (χ3n) is 3.25. The maximum Gasteiger partial charge on any atom is 0.269 e. The summed E-state index contributed by atoms with van der Waals surface area (Å²) in [5, 5.41) is 20.1. The number of ether oxygens (including phenoxy) is 2. The topological polar surface area (TPSA) is 85.4 Å². The minimum Gasteiger partial charge on any atom is -0.497 e. The maximum absolute atomic E-state index is 10.7. The lowest BCUT2D eigenvalue weighted by Crippen LogP contribution is -1.91. The van der Waals surface area contributed by atoms with Gasteiger partial charge in [0.1, 0.15) is 11.5 Å². The summed E-state index contributed by atoms with van der Waals surface area (Å²) < 4.78 is 10.4. The van der Waals surface area contributed by atoms with Crippen LogP contribution in [-0.4, -0.2) is 19.1 Å². The van der Waals surface area contributed by atoms with Gasteiger partial charge >= 0.3 is 0 Å². The minimum absolute atomic E-state index is 0.0203. The van der Waals surface area contributed by atoms with E-state index in [0.29, 0.717) is 28.2 Å². The van der Waals surface area contributed by atoms with Crippen LogP contribution in [0.5, 0.6) is 11.5 Å². The standard InChI is InChI=1S/C17H14N2O4/c1-22-16-8-5-13(17(10-16)23-2)9-14(11-18)12-3-6-15(7-4-12)19(20)21/h3-10H,1-2H3. The molecule has 2 aromatic carbocycles. The molecular weight excluding hydrogens is 296 g/mol. The number of methoxy groups -OCH3 is 2. The van der Waals surface area contributed by atoms with Crippen LogP contribution in [0.3, 0.4) is 0 Å². The Labute approximate surface area is 133 Å². The second-order valence-electron chi connectivity index (χ2n) is 4.58. The van der Waals surface area contributed by atoms with Gasteiger partial charge in [-0.25, -0.2) is 0 Å². The van der Waals surface area contributed by atoms with Gasteiger partial charge in [0.25, 0.3) is 5.69 Å². The van der Waals surface area contributed by atoms with Crippen molar-refractivity contribution in [2.24, 2.45) is 0 Å². The number of non-ortho nitro benzene ring substituents is 1. The normalized spacial score (nSPS) is 10.7. The molecule has 23 heavy (non-hydrogen) atoms. The van der Waals surface area contributed by atoms with Gasteiger partial charge < -0.3 is 9.47 Å². The highest BCUT2D eigenvalue weighted by Gasteiger charge is 2.09. The van der Waals surface area contributed by atoms with Crippen molar-refractivity contribution in [3.63, 3.8) is 0 Å². The fourth-order valence-electron chi connectivity index (χ4n) is 2.04. The second-order valence-corrected chi connectivity index (χ2v) is 4.58. The van der Waals surface area contributed by atoms with Gasteiger partial charge in [0.2, 0.25) is 0 Å². The molecule has 0 N–H and O–H groups in total. The fourth-order valence-corrected chi connectivity index (χ4v) is 2.04. The molecule has 0 bridgehead atoms. The summed E-state index contributed by atoms with van der Waals surface area (Å²) >= 11 is 0. The Kier molecular flexibility index (Phi) is 4.95. The van der Waals surface area contributed by atoms with Crippen molar-refractivity contribution < 1.29 is 14.4 Å². The number of nitro benzene ring substituents is 1. The van der Waals surface area contributed by atoms with Crippen LogP contribution in [0.4, 0.5) is 5.69 Å². The molecular formula is C17H14N2O4. The fraction of sp³-hybridized carbons (Fsp3) is 0.118. The summed E-state index contributed by atoms with van der Waals surface area (Å²) in [5.41, 5.74) is 1.66. The molecule has 0 aromatic heterocycles. The van der Waals surface area contributed by atoms with Crippen LogP contribution in [0.15, 0.2) is 42.5 Å². The first kappa shape index (κ1) is 16.0. The number of allylic oxidation sites excluding steroid dienone is 1.